The first kappa shape index (κ1) is 8.05. The fourth-order valence-electron chi connectivity index (χ4n) is 2.12. The van der Waals surface area contributed by atoms with Crippen molar-refractivity contribution in [3.05, 3.63) is 0 Å². The van der Waals surface area contributed by atoms with E-state index >= 15 is 0 Å². The maximum absolute atomic E-state index is 11.5. The molecule has 68 valence electrons. The Kier molecular flexibility index (Phi) is 1.83. The van der Waals surface area contributed by atoms with Crippen LogP contribution in [0.25, 0.3) is 0 Å². The Bertz CT molecular complexity index is 201. The highest BCUT2D eigenvalue weighted by molar-refractivity contribution is 5.80. The van der Waals surface area contributed by atoms with E-state index in [1.54, 1.807) is 0 Å². The number of carbonyl (C=O) groups is 1. The van der Waals surface area contributed by atoms with Crippen molar-refractivity contribution in [1.29, 1.82) is 0 Å². The van der Waals surface area contributed by atoms with Crippen LogP contribution >= 0.6 is 0 Å². The van der Waals surface area contributed by atoms with E-state index in [-0.39, 0.29) is 0 Å². The van der Waals surface area contributed by atoms with Crippen LogP contribution in [-0.4, -0.2) is 29.4 Å². The summed E-state index contributed by atoms with van der Waals surface area (Å²) >= 11 is 0. The fraction of sp³-hybridized carbons (Fsp3) is 0.889. The lowest BCUT2D eigenvalue weighted by molar-refractivity contribution is -0.129. The smallest absolute Gasteiger partial charge is 0.223 e. The molecule has 1 saturated carbocycles. The highest BCUT2D eigenvalue weighted by atomic mass is 16.2. The lowest BCUT2D eigenvalue weighted by atomic mass is 10.0. The van der Waals surface area contributed by atoms with Gasteiger partial charge >= 0.3 is 0 Å². The van der Waals surface area contributed by atoms with Crippen LogP contribution in [0.5, 0.6) is 0 Å². The predicted molar refractivity (Wildman–Crippen MR) is 46.5 cm³/mol. The number of carbonyl (C=O) groups excluding carboxylic acids is 1. The van der Waals surface area contributed by atoms with Crippen molar-refractivity contribution in [2.24, 2.45) is 11.7 Å². The van der Waals surface area contributed by atoms with Crippen LogP contribution in [0.15, 0.2) is 0 Å². The number of nitrogens with two attached hydrogens (primary N) is 1. The molecule has 0 aromatic heterocycles. The third-order valence-corrected chi connectivity index (χ3v) is 3.09. The maximum atomic E-state index is 11.5. The van der Waals surface area contributed by atoms with Crippen molar-refractivity contribution in [3.63, 3.8) is 0 Å². The molecule has 0 spiro atoms. The number of hydrogen-bond donors (Lipinski definition) is 1. The number of rotatable bonds is 2. The van der Waals surface area contributed by atoms with Gasteiger partial charge in [-0.3, -0.25) is 4.79 Å². The summed E-state index contributed by atoms with van der Waals surface area (Å²) in [5, 5.41) is 0. The van der Waals surface area contributed by atoms with E-state index < -0.39 is 0 Å². The average Bonchev–Trinajstić information content (AvgIpc) is 2.80. The molecule has 1 aliphatic carbocycles. The van der Waals surface area contributed by atoms with Crippen molar-refractivity contribution < 1.29 is 4.79 Å². The molecule has 2 fully saturated rings. The van der Waals surface area contributed by atoms with Crippen molar-refractivity contribution >= 4 is 5.91 Å². The molecule has 0 radical (unpaired) electrons. The van der Waals surface area contributed by atoms with Crippen molar-refractivity contribution in [3.8, 4) is 0 Å². The van der Waals surface area contributed by atoms with Gasteiger partial charge < -0.3 is 10.6 Å². The molecule has 2 rings (SSSR count). The molecule has 3 nitrogen and oxygen atoms in total. The first-order valence-corrected chi connectivity index (χ1v) is 4.75. The highest BCUT2D eigenvalue weighted by Gasteiger charge is 2.43. The lowest BCUT2D eigenvalue weighted by Crippen LogP contribution is -2.36. The van der Waals surface area contributed by atoms with Gasteiger partial charge in [0.2, 0.25) is 5.91 Å². The van der Waals surface area contributed by atoms with Crippen LogP contribution in [0.3, 0.4) is 0 Å². The Morgan fingerprint density at radius 3 is 2.67 bits per heavy atom. The van der Waals surface area contributed by atoms with Gasteiger partial charge in [0.15, 0.2) is 0 Å². The second kappa shape index (κ2) is 2.73. The maximum Gasteiger partial charge on any atom is 0.223 e. The predicted octanol–water partition coefficient (Wildman–Crippen LogP) is 0.345. The van der Waals surface area contributed by atoms with E-state index in [0.717, 1.165) is 0 Å². The topological polar surface area (TPSA) is 46.3 Å². The monoisotopic (exact) mass is 168 g/mol. The SMILES string of the molecule is CC1C(CN)CC(=O)N1C1CC1. The average molecular weight is 168 g/mol. The highest BCUT2D eigenvalue weighted by Crippen LogP contribution is 2.36. The van der Waals surface area contributed by atoms with Gasteiger partial charge in [0.25, 0.3) is 0 Å². The Labute approximate surface area is 72.9 Å². The second-order valence-electron chi connectivity index (χ2n) is 3.97. The van der Waals surface area contributed by atoms with Crippen LogP contribution in [0, 0.1) is 5.92 Å². The summed E-state index contributed by atoms with van der Waals surface area (Å²) in [7, 11) is 0. The summed E-state index contributed by atoms with van der Waals surface area (Å²) in [5.41, 5.74) is 5.59. The summed E-state index contributed by atoms with van der Waals surface area (Å²) in [6.45, 7) is 2.77. The molecule has 2 atom stereocenters. The van der Waals surface area contributed by atoms with E-state index in [1.807, 2.05) is 0 Å². The Hall–Kier alpha value is -0.570. The largest absolute Gasteiger partial charge is 0.337 e. The molecular weight excluding hydrogens is 152 g/mol. The quantitative estimate of drug-likeness (QED) is 0.646. The standard InChI is InChI=1S/C9H16N2O/c1-6-7(5-10)4-9(12)11(6)8-2-3-8/h6-8H,2-5,10H2,1H3. The molecule has 2 unspecified atom stereocenters. The summed E-state index contributed by atoms with van der Waals surface area (Å²) in [5.74, 6) is 0.721. The summed E-state index contributed by atoms with van der Waals surface area (Å²) < 4.78 is 0. The van der Waals surface area contributed by atoms with Crippen LogP contribution in [0.4, 0.5) is 0 Å². The normalized spacial score (nSPS) is 36.2. The van der Waals surface area contributed by atoms with Gasteiger partial charge in [0, 0.05) is 24.4 Å². The lowest BCUT2D eigenvalue weighted by Gasteiger charge is -2.23. The number of amides is 1. The molecule has 1 saturated heterocycles. The first-order valence-electron chi connectivity index (χ1n) is 4.75. The van der Waals surface area contributed by atoms with Gasteiger partial charge in [-0.2, -0.15) is 0 Å². The fourth-order valence-corrected chi connectivity index (χ4v) is 2.12. The molecule has 1 heterocycles. The van der Waals surface area contributed by atoms with Gasteiger partial charge in [-0.25, -0.2) is 0 Å². The third kappa shape index (κ3) is 1.12. The van der Waals surface area contributed by atoms with Crippen LogP contribution in [0.1, 0.15) is 26.2 Å². The van der Waals surface area contributed by atoms with E-state index in [9.17, 15) is 4.79 Å². The van der Waals surface area contributed by atoms with E-state index in [1.165, 1.54) is 12.8 Å². The molecule has 0 aromatic carbocycles. The van der Waals surface area contributed by atoms with Gasteiger partial charge in [-0.15, -0.1) is 0 Å². The van der Waals surface area contributed by atoms with Crippen LogP contribution in [-0.2, 0) is 4.79 Å². The number of likely N-dealkylation sites (tertiary alicyclic amines) is 1. The minimum Gasteiger partial charge on any atom is -0.337 e. The van der Waals surface area contributed by atoms with E-state index in [2.05, 4.69) is 11.8 Å². The summed E-state index contributed by atoms with van der Waals surface area (Å²) in [6.07, 6.45) is 3.08. The molecule has 0 bridgehead atoms. The van der Waals surface area contributed by atoms with E-state index in [4.69, 9.17) is 5.73 Å². The molecule has 2 aliphatic rings. The van der Waals surface area contributed by atoms with Crippen molar-refractivity contribution in [2.45, 2.75) is 38.3 Å². The van der Waals surface area contributed by atoms with Gasteiger partial charge in [-0.1, -0.05) is 0 Å². The minimum absolute atomic E-state index is 0.320. The summed E-state index contributed by atoms with van der Waals surface area (Å²) in [4.78, 5) is 13.6. The number of nitrogens with zero attached hydrogens (tertiary/aromatic N) is 1. The van der Waals surface area contributed by atoms with E-state index in [0.29, 0.717) is 36.9 Å². The Balaban J connectivity index is 2.07. The zero-order valence-electron chi connectivity index (χ0n) is 7.49. The molecular formula is C9H16N2O. The zero-order chi connectivity index (χ0) is 8.72. The molecule has 12 heavy (non-hydrogen) atoms. The molecule has 2 N–H and O–H groups in total. The first-order chi connectivity index (χ1) is 5.74. The van der Waals surface area contributed by atoms with Crippen molar-refractivity contribution in [2.75, 3.05) is 6.54 Å². The minimum atomic E-state index is 0.320. The van der Waals surface area contributed by atoms with Gasteiger partial charge in [0.1, 0.15) is 0 Å². The zero-order valence-corrected chi connectivity index (χ0v) is 7.49. The molecule has 0 aromatic rings. The third-order valence-electron chi connectivity index (χ3n) is 3.09. The molecule has 1 aliphatic heterocycles. The number of hydrogen-bond acceptors (Lipinski definition) is 2. The Morgan fingerprint density at radius 2 is 2.25 bits per heavy atom. The van der Waals surface area contributed by atoms with Crippen molar-refractivity contribution in [1.82, 2.24) is 4.90 Å². The molecule has 1 amide bonds. The van der Waals surface area contributed by atoms with Gasteiger partial charge in [0.05, 0.1) is 0 Å². The second-order valence-corrected chi connectivity index (χ2v) is 3.97. The summed E-state index contributed by atoms with van der Waals surface area (Å²) in [6, 6.07) is 0.944. The Morgan fingerprint density at radius 1 is 1.58 bits per heavy atom. The van der Waals surface area contributed by atoms with Gasteiger partial charge in [-0.05, 0) is 26.3 Å². The van der Waals surface area contributed by atoms with Crippen LogP contribution < -0.4 is 5.73 Å². The molecule has 3 heteroatoms. The van der Waals surface area contributed by atoms with Crippen LogP contribution in [0.2, 0.25) is 0 Å².